The standard InChI is InChI=1S/C14H27N3O/c1-15-14(18)11-17-8-6-13(7-9-17)16-10-12-4-2-3-5-12/h12-13,16H,2-11H2,1H3,(H,15,18). The third kappa shape index (κ3) is 4.25. The highest BCUT2D eigenvalue weighted by Gasteiger charge is 2.22. The van der Waals surface area contributed by atoms with Crippen LogP contribution in [0.25, 0.3) is 0 Å². The molecule has 0 aromatic carbocycles. The number of carbonyl (C=O) groups excluding carboxylic acids is 1. The molecule has 4 heteroatoms. The average molecular weight is 253 g/mol. The molecule has 2 fully saturated rings. The summed E-state index contributed by atoms with van der Waals surface area (Å²) >= 11 is 0. The van der Waals surface area contributed by atoms with Gasteiger partial charge in [0.2, 0.25) is 5.91 Å². The molecule has 2 N–H and O–H groups in total. The minimum atomic E-state index is 0.132. The van der Waals surface area contributed by atoms with E-state index in [0.29, 0.717) is 12.6 Å². The lowest BCUT2D eigenvalue weighted by Gasteiger charge is -2.32. The SMILES string of the molecule is CNC(=O)CN1CCC(NCC2CCCC2)CC1. The van der Waals surface area contributed by atoms with E-state index >= 15 is 0 Å². The molecule has 0 radical (unpaired) electrons. The highest BCUT2D eigenvalue weighted by atomic mass is 16.1. The van der Waals surface area contributed by atoms with Crippen molar-refractivity contribution < 1.29 is 4.79 Å². The molecule has 1 aliphatic carbocycles. The molecule has 0 atom stereocenters. The minimum absolute atomic E-state index is 0.132. The van der Waals surface area contributed by atoms with Gasteiger partial charge in [0, 0.05) is 26.2 Å². The van der Waals surface area contributed by atoms with Crippen LogP contribution in [0.3, 0.4) is 0 Å². The Balaban J connectivity index is 1.59. The number of likely N-dealkylation sites (tertiary alicyclic amines) is 1. The number of piperidine rings is 1. The van der Waals surface area contributed by atoms with Gasteiger partial charge in [0.15, 0.2) is 0 Å². The molecule has 1 saturated heterocycles. The topological polar surface area (TPSA) is 44.4 Å². The van der Waals surface area contributed by atoms with E-state index < -0.39 is 0 Å². The Labute approximate surface area is 110 Å². The largest absolute Gasteiger partial charge is 0.358 e. The number of likely N-dealkylation sites (N-methyl/N-ethyl adjacent to an activating group) is 1. The second-order valence-electron chi connectivity index (χ2n) is 5.78. The molecule has 104 valence electrons. The van der Waals surface area contributed by atoms with E-state index in [1.54, 1.807) is 7.05 Å². The van der Waals surface area contributed by atoms with Crippen molar-refractivity contribution >= 4 is 5.91 Å². The zero-order valence-electron chi connectivity index (χ0n) is 11.6. The first-order valence-electron chi connectivity index (χ1n) is 7.44. The van der Waals surface area contributed by atoms with Gasteiger partial charge in [0.1, 0.15) is 0 Å². The summed E-state index contributed by atoms with van der Waals surface area (Å²) in [5, 5.41) is 6.41. The summed E-state index contributed by atoms with van der Waals surface area (Å²) in [6, 6.07) is 0.673. The fraction of sp³-hybridized carbons (Fsp3) is 0.929. The third-order valence-electron chi connectivity index (χ3n) is 4.40. The van der Waals surface area contributed by atoms with E-state index in [-0.39, 0.29) is 5.91 Å². The number of hydrogen-bond acceptors (Lipinski definition) is 3. The summed E-state index contributed by atoms with van der Waals surface area (Å²) in [4.78, 5) is 13.5. The van der Waals surface area contributed by atoms with Crippen LogP contribution in [0.1, 0.15) is 38.5 Å². The van der Waals surface area contributed by atoms with Gasteiger partial charge in [-0.15, -0.1) is 0 Å². The van der Waals surface area contributed by atoms with Gasteiger partial charge in [-0.25, -0.2) is 0 Å². The lowest BCUT2D eigenvalue weighted by molar-refractivity contribution is -0.122. The monoisotopic (exact) mass is 253 g/mol. The van der Waals surface area contributed by atoms with Crippen LogP contribution in [0.4, 0.5) is 0 Å². The molecule has 1 saturated carbocycles. The molecule has 0 spiro atoms. The molecule has 1 amide bonds. The smallest absolute Gasteiger partial charge is 0.233 e. The van der Waals surface area contributed by atoms with Crippen LogP contribution in [-0.2, 0) is 4.79 Å². The second kappa shape index (κ2) is 7.10. The molecule has 4 nitrogen and oxygen atoms in total. The second-order valence-corrected chi connectivity index (χ2v) is 5.78. The summed E-state index contributed by atoms with van der Waals surface area (Å²) < 4.78 is 0. The lowest BCUT2D eigenvalue weighted by atomic mass is 10.0. The van der Waals surface area contributed by atoms with Crippen LogP contribution in [-0.4, -0.2) is 50.1 Å². The molecule has 2 aliphatic rings. The van der Waals surface area contributed by atoms with E-state index in [2.05, 4.69) is 15.5 Å². The lowest BCUT2D eigenvalue weighted by Crippen LogP contribution is -2.46. The van der Waals surface area contributed by atoms with Gasteiger partial charge in [-0.3, -0.25) is 9.69 Å². The van der Waals surface area contributed by atoms with Gasteiger partial charge in [-0.05, 0) is 38.1 Å². The molecule has 1 heterocycles. The predicted octanol–water partition coefficient (Wildman–Crippen LogP) is 0.977. The van der Waals surface area contributed by atoms with Gasteiger partial charge in [-0.2, -0.15) is 0 Å². The summed E-state index contributed by atoms with van der Waals surface area (Å²) in [6.45, 7) is 3.87. The number of hydrogen-bond donors (Lipinski definition) is 2. The van der Waals surface area contributed by atoms with Gasteiger partial charge in [0.05, 0.1) is 6.54 Å². The van der Waals surface area contributed by atoms with Crippen molar-refractivity contribution in [2.45, 2.75) is 44.6 Å². The first kappa shape index (κ1) is 13.8. The van der Waals surface area contributed by atoms with Crippen LogP contribution in [0, 0.1) is 5.92 Å². The van der Waals surface area contributed by atoms with Crippen molar-refractivity contribution in [3.05, 3.63) is 0 Å². The van der Waals surface area contributed by atoms with Crippen LogP contribution in [0.2, 0.25) is 0 Å². The Morgan fingerprint density at radius 3 is 2.44 bits per heavy atom. The zero-order chi connectivity index (χ0) is 12.8. The van der Waals surface area contributed by atoms with Crippen molar-refractivity contribution in [3.63, 3.8) is 0 Å². The maximum Gasteiger partial charge on any atom is 0.233 e. The molecule has 0 aromatic rings. The number of rotatable bonds is 5. The van der Waals surface area contributed by atoms with E-state index in [1.807, 2.05) is 0 Å². The Kier molecular flexibility index (Phi) is 5.45. The van der Waals surface area contributed by atoms with Crippen LogP contribution in [0.15, 0.2) is 0 Å². The van der Waals surface area contributed by atoms with Gasteiger partial charge >= 0.3 is 0 Å². The van der Waals surface area contributed by atoms with Gasteiger partial charge < -0.3 is 10.6 Å². The van der Waals surface area contributed by atoms with Crippen molar-refractivity contribution in [2.75, 3.05) is 33.2 Å². The molecule has 0 unspecified atom stereocenters. The van der Waals surface area contributed by atoms with E-state index in [9.17, 15) is 4.79 Å². The number of carbonyl (C=O) groups is 1. The van der Waals surface area contributed by atoms with Crippen LogP contribution < -0.4 is 10.6 Å². The Hall–Kier alpha value is -0.610. The van der Waals surface area contributed by atoms with E-state index in [4.69, 9.17) is 0 Å². The Bertz CT molecular complexity index is 256. The molecular weight excluding hydrogens is 226 g/mol. The highest BCUT2D eigenvalue weighted by molar-refractivity contribution is 5.77. The third-order valence-corrected chi connectivity index (χ3v) is 4.40. The summed E-state index contributed by atoms with van der Waals surface area (Å²) in [5.74, 6) is 1.06. The predicted molar refractivity (Wildman–Crippen MR) is 73.5 cm³/mol. The van der Waals surface area contributed by atoms with Crippen LogP contribution >= 0.6 is 0 Å². The maximum atomic E-state index is 11.3. The minimum Gasteiger partial charge on any atom is -0.358 e. The molecule has 18 heavy (non-hydrogen) atoms. The quantitative estimate of drug-likeness (QED) is 0.767. The molecule has 2 rings (SSSR count). The van der Waals surface area contributed by atoms with Crippen molar-refractivity contribution in [1.29, 1.82) is 0 Å². The average Bonchev–Trinajstić information content (AvgIpc) is 2.91. The van der Waals surface area contributed by atoms with Crippen molar-refractivity contribution in [3.8, 4) is 0 Å². The normalized spacial score (nSPS) is 23.4. The fourth-order valence-corrected chi connectivity index (χ4v) is 3.13. The Morgan fingerprint density at radius 1 is 1.17 bits per heavy atom. The first-order valence-corrected chi connectivity index (χ1v) is 7.44. The van der Waals surface area contributed by atoms with Gasteiger partial charge in [0.25, 0.3) is 0 Å². The summed E-state index contributed by atoms with van der Waals surface area (Å²) in [5.41, 5.74) is 0. The molecular formula is C14H27N3O. The molecule has 0 bridgehead atoms. The van der Waals surface area contributed by atoms with Crippen LogP contribution in [0.5, 0.6) is 0 Å². The molecule has 0 aromatic heterocycles. The summed E-state index contributed by atoms with van der Waals surface area (Å²) in [7, 11) is 1.71. The zero-order valence-corrected chi connectivity index (χ0v) is 11.6. The number of nitrogens with zero attached hydrogens (tertiary/aromatic N) is 1. The number of amides is 1. The van der Waals surface area contributed by atoms with Gasteiger partial charge in [-0.1, -0.05) is 12.8 Å². The highest BCUT2D eigenvalue weighted by Crippen LogP contribution is 2.24. The van der Waals surface area contributed by atoms with Crippen molar-refractivity contribution in [2.24, 2.45) is 5.92 Å². The van der Waals surface area contributed by atoms with E-state index in [1.165, 1.54) is 45.1 Å². The Morgan fingerprint density at radius 2 is 1.83 bits per heavy atom. The van der Waals surface area contributed by atoms with Crippen molar-refractivity contribution in [1.82, 2.24) is 15.5 Å². The van der Waals surface area contributed by atoms with E-state index in [0.717, 1.165) is 19.0 Å². The summed E-state index contributed by atoms with van der Waals surface area (Å²) in [6.07, 6.45) is 8.06. The number of nitrogens with one attached hydrogen (secondary N) is 2. The fourth-order valence-electron chi connectivity index (χ4n) is 3.13. The molecule has 1 aliphatic heterocycles. The first-order chi connectivity index (χ1) is 8.78. The maximum absolute atomic E-state index is 11.3.